The van der Waals surface area contributed by atoms with Crippen molar-refractivity contribution in [1.82, 2.24) is 0 Å². The third-order valence-corrected chi connectivity index (χ3v) is 4.64. The van der Waals surface area contributed by atoms with Gasteiger partial charge >= 0.3 is 5.97 Å². The Hall–Kier alpha value is -2.56. The normalized spacial score (nSPS) is 10.7. The number of likely N-dealkylation sites (N-methyl/N-ethyl adjacent to an activating group) is 1. The number of carboxylic acids is 1. The molecule has 0 aliphatic carbocycles. The van der Waals surface area contributed by atoms with Crippen molar-refractivity contribution in [3.63, 3.8) is 0 Å². The fraction of sp³-hybridized carbons (Fsp3) is 0.100. The van der Waals surface area contributed by atoms with Crippen LogP contribution in [-0.4, -0.2) is 24.0 Å². The molecule has 3 rings (SSSR count). The zero-order valence-electron chi connectivity index (χ0n) is 13.9. The van der Waals surface area contributed by atoms with Crippen LogP contribution in [0.25, 0.3) is 10.8 Å². The highest BCUT2D eigenvalue weighted by molar-refractivity contribution is 6.40. The van der Waals surface area contributed by atoms with Gasteiger partial charge in [-0.3, -0.25) is 4.79 Å². The number of anilines is 1. The molecule has 3 aromatic carbocycles. The second-order valence-corrected chi connectivity index (χ2v) is 6.75. The summed E-state index contributed by atoms with van der Waals surface area (Å²) in [5.74, 6) is -1.26. The third kappa shape index (κ3) is 3.66. The maximum atomic E-state index is 12.7. The lowest BCUT2D eigenvalue weighted by Crippen LogP contribution is -2.28. The highest BCUT2D eigenvalue weighted by Gasteiger charge is 2.19. The molecule has 0 aliphatic heterocycles. The highest BCUT2D eigenvalue weighted by Crippen LogP contribution is 2.36. The minimum atomic E-state index is -1.09. The van der Waals surface area contributed by atoms with Crippen molar-refractivity contribution in [2.75, 3.05) is 11.9 Å². The van der Waals surface area contributed by atoms with E-state index in [1.54, 1.807) is 19.2 Å². The van der Waals surface area contributed by atoms with Crippen molar-refractivity contribution in [3.05, 3.63) is 75.8 Å². The monoisotopic (exact) mass is 387 g/mol. The van der Waals surface area contributed by atoms with Crippen molar-refractivity contribution < 1.29 is 14.7 Å². The van der Waals surface area contributed by atoms with E-state index in [1.807, 2.05) is 30.3 Å². The van der Waals surface area contributed by atoms with E-state index < -0.39 is 5.97 Å². The van der Waals surface area contributed by atoms with Crippen LogP contribution in [0.1, 0.15) is 15.9 Å². The molecular weight excluding hydrogens is 373 g/mol. The first kappa shape index (κ1) is 18.2. The number of benzene rings is 3. The summed E-state index contributed by atoms with van der Waals surface area (Å²) in [6, 6.07) is 15.5. The number of hydrogen-bond donors (Lipinski definition) is 1. The summed E-state index contributed by atoms with van der Waals surface area (Å²) in [7, 11) is 1.61. The molecule has 0 saturated heterocycles. The molecule has 3 aromatic rings. The Morgan fingerprint density at radius 3 is 2.38 bits per heavy atom. The first-order chi connectivity index (χ1) is 12.4. The van der Waals surface area contributed by atoms with E-state index in [-0.39, 0.29) is 17.9 Å². The molecule has 4 nitrogen and oxygen atoms in total. The van der Waals surface area contributed by atoms with Gasteiger partial charge in [-0.1, -0.05) is 53.5 Å². The Morgan fingerprint density at radius 2 is 1.73 bits per heavy atom. The number of halogens is 2. The van der Waals surface area contributed by atoms with Gasteiger partial charge in [0.25, 0.3) is 0 Å². The van der Waals surface area contributed by atoms with E-state index >= 15 is 0 Å². The second-order valence-electron chi connectivity index (χ2n) is 5.90. The Bertz CT molecular complexity index is 1000. The average Bonchev–Trinajstić information content (AvgIpc) is 2.60. The minimum absolute atomic E-state index is 0.0604. The first-order valence-electron chi connectivity index (χ1n) is 7.83. The summed E-state index contributed by atoms with van der Waals surface area (Å²) in [4.78, 5) is 25.6. The predicted molar refractivity (Wildman–Crippen MR) is 104 cm³/mol. The van der Waals surface area contributed by atoms with Gasteiger partial charge in [0.05, 0.1) is 22.7 Å². The van der Waals surface area contributed by atoms with E-state index in [1.165, 1.54) is 17.0 Å². The summed E-state index contributed by atoms with van der Waals surface area (Å²) in [5, 5.41) is 11.3. The predicted octanol–water partition coefficient (Wildman–Crippen LogP) is 5.05. The van der Waals surface area contributed by atoms with Gasteiger partial charge in [-0.15, -0.1) is 0 Å². The molecule has 0 bridgehead atoms. The number of nitrogens with zero attached hydrogens (tertiary/aromatic N) is 1. The van der Waals surface area contributed by atoms with Gasteiger partial charge in [0.15, 0.2) is 0 Å². The van der Waals surface area contributed by atoms with E-state index in [9.17, 15) is 14.7 Å². The van der Waals surface area contributed by atoms with Crippen LogP contribution < -0.4 is 4.90 Å². The van der Waals surface area contributed by atoms with Gasteiger partial charge < -0.3 is 10.0 Å². The van der Waals surface area contributed by atoms with Gasteiger partial charge in [-0.05, 0) is 35.2 Å². The fourth-order valence-corrected chi connectivity index (χ4v) is 3.42. The molecule has 0 radical (unpaired) electrons. The SMILES string of the molecule is CN(C(=O)Cc1ccccc1)c1cc(C(=O)O)cc2cc(Cl)cc(Cl)c12. The minimum Gasteiger partial charge on any atom is -0.478 e. The van der Waals surface area contributed by atoms with Gasteiger partial charge in [0, 0.05) is 17.5 Å². The standard InChI is InChI=1S/C20H15Cl2NO3/c1-23(18(24)7-12-5-3-2-4-6-12)17-10-14(20(25)26)8-13-9-15(21)11-16(22)19(13)17/h2-6,8-11H,7H2,1H3,(H,25,26). The first-order valence-corrected chi connectivity index (χ1v) is 8.59. The Labute approximate surface area is 160 Å². The van der Waals surface area contributed by atoms with E-state index in [0.717, 1.165) is 5.56 Å². The van der Waals surface area contributed by atoms with E-state index in [2.05, 4.69) is 0 Å². The lowest BCUT2D eigenvalue weighted by molar-refractivity contribution is -0.117. The number of carboxylic acid groups (broad SMARTS) is 1. The molecule has 26 heavy (non-hydrogen) atoms. The Kier molecular flexibility index (Phi) is 5.16. The number of rotatable bonds is 4. The summed E-state index contributed by atoms with van der Waals surface area (Å²) in [5.41, 5.74) is 1.37. The number of amides is 1. The summed E-state index contributed by atoms with van der Waals surface area (Å²) in [6.45, 7) is 0. The molecule has 1 amide bonds. The molecule has 0 spiro atoms. The fourth-order valence-electron chi connectivity index (χ4n) is 2.82. The molecule has 1 N–H and O–H groups in total. The summed E-state index contributed by atoms with van der Waals surface area (Å²) in [6.07, 6.45) is 0.196. The van der Waals surface area contributed by atoms with Crippen molar-refractivity contribution in [3.8, 4) is 0 Å². The van der Waals surface area contributed by atoms with Crippen LogP contribution in [0.3, 0.4) is 0 Å². The van der Waals surface area contributed by atoms with Crippen molar-refractivity contribution in [2.45, 2.75) is 6.42 Å². The molecule has 0 aromatic heterocycles. The highest BCUT2D eigenvalue weighted by atomic mass is 35.5. The smallest absolute Gasteiger partial charge is 0.335 e. The zero-order chi connectivity index (χ0) is 18.8. The molecular formula is C20H15Cl2NO3. The Morgan fingerprint density at radius 1 is 1.04 bits per heavy atom. The maximum absolute atomic E-state index is 12.7. The topological polar surface area (TPSA) is 57.6 Å². The van der Waals surface area contributed by atoms with Gasteiger partial charge in [0.2, 0.25) is 5.91 Å². The van der Waals surface area contributed by atoms with Crippen LogP contribution in [0.2, 0.25) is 10.0 Å². The largest absolute Gasteiger partial charge is 0.478 e. The van der Waals surface area contributed by atoms with Gasteiger partial charge in [-0.25, -0.2) is 4.79 Å². The van der Waals surface area contributed by atoms with Crippen molar-refractivity contribution >= 4 is 51.5 Å². The van der Waals surface area contributed by atoms with Crippen LogP contribution in [0.4, 0.5) is 5.69 Å². The average molecular weight is 388 g/mol. The molecule has 0 aliphatic rings. The van der Waals surface area contributed by atoms with Crippen LogP contribution in [-0.2, 0) is 11.2 Å². The van der Waals surface area contributed by atoms with Crippen molar-refractivity contribution in [2.24, 2.45) is 0 Å². The van der Waals surface area contributed by atoms with Crippen LogP contribution in [0.5, 0.6) is 0 Å². The van der Waals surface area contributed by atoms with E-state index in [4.69, 9.17) is 23.2 Å². The molecule has 0 saturated carbocycles. The van der Waals surface area contributed by atoms with Gasteiger partial charge in [-0.2, -0.15) is 0 Å². The number of fused-ring (bicyclic) bond motifs is 1. The number of hydrogen-bond acceptors (Lipinski definition) is 2. The molecule has 0 atom stereocenters. The quantitative estimate of drug-likeness (QED) is 0.681. The van der Waals surface area contributed by atoms with Crippen LogP contribution >= 0.6 is 23.2 Å². The molecule has 0 fully saturated rings. The lowest BCUT2D eigenvalue weighted by atomic mass is 10.0. The lowest BCUT2D eigenvalue weighted by Gasteiger charge is -2.21. The number of carbonyl (C=O) groups is 2. The van der Waals surface area contributed by atoms with Gasteiger partial charge in [0.1, 0.15) is 0 Å². The molecule has 0 unspecified atom stereocenters. The summed E-state index contributed by atoms with van der Waals surface area (Å²) < 4.78 is 0. The maximum Gasteiger partial charge on any atom is 0.335 e. The van der Waals surface area contributed by atoms with Crippen molar-refractivity contribution in [1.29, 1.82) is 0 Å². The third-order valence-electron chi connectivity index (χ3n) is 4.13. The second kappa shape index (κ2) is 7.36. The van der Waals surface area contributed by atoms with Crippen LogP contribution in [0.15, 0.2) is 54.6 Å². The molecule has 132 valence electrons. The number of carbonyl (C=O) groups excluding carboxylic acids is 1. The van der Waals surface area contributed by atoms with E-state index in [0.29, 0.717) is 26.5 Å². The zero-order valence-corrected chi connectivity index (χ0v) is 15.4. The molecule has 6 heteroatoms. The Balaban J connectivity index is 2.10. The summed E-state index contributed by atoms with van der Waals surface area (Å²) >= 11 is 12.4. The molecule has 0 heterocycles. The number of aromatic carboxylic acids is 1. The van der Waals surface area contributed by atoms with Crippen LogP contribution in [0, 0.1) is 0 Å².